The third-order valence-electron chi connectivity index (χ3n) is 8.45. The summed E-state index contributed by atoms with van der Waals surface area (Å²) in [4.78, 5) is 35.5. The van der Waals surface area contributed by atoms with E-state index in [4.69, 9.17) is 47.0 Å². The molecule has 2 saturated heterocycles. The number of hydrogen-bond acceptors (Lipinski definition) is 18. The number of carbonyl (C=O) groups excluding carboxylic acids is 2. The highest BCUT2D eigenvalue weighted by molar-refractivity contribution is 5.81. The van der Waals surface area contributed by atoms with Crippen molar-refractivity contribution in [2.75, 3.05) is 19.7 Å². The number of carboxylic acid groups (broad SMARTS) is 1. The summed E-state index contributed by atoms with van der Waals surface area (Å²) in [6.45, 7) is -1.05. The lowest BCUT2D eigenvalue weighted by Crippen LogP contribution is -2.69. The predicted octanol–water partition coefficient (Wildman–Crippen LogP) is -8.44. The molecule has 0 aromatic rings. The van der Waals surface area contributed by atoms with Gasteiger partial charge in [0, 0.05) is 25.6 Å². The van der Waals surface area contributed by atoms with Gasteiger partial charge in [-0.2, -0.15) is 0 Å². The zero-order chi connectivity index (χ0) is 35.2. The zero-order valence-corrected chi connectivity index (χ0v) is 25.4. The molecule has 3 aliphatic rings. The summed E-state index contributed by atoms with van der Waals surface area (Å²) >= 11 is 0. The van der Waals surface area contributed by atoms with Crippen molar-refractivity contribution in [3.63, 3.8) is 0 Å². The standard InChI is InChI=1S/C26H48N6O15/c27-6-12-17(37)19(39)15(30)25(44-12)46-21-9(29)5-10(16(36)22(21)47-26-20(40)18(38)13(7-33)45-26)32-23(41)11(34)3-4-31-14(35)2-1-8(28)24(42)43/h8-13,15-22,25-26,33-34,36-40H,1-7,27-30H2,(H,31,35)(H,32,41)(H,42,43)/t8-,9?,10+,11-,12?,13+,15?,16?,17-,18-,19+,20?,21-,22+,25-,26-/m0/s1. The van der Waals surface area contributed by atoms with Crippen LogP contribution in [0.15, 0.2) is 0 Å². The number of ether oxygens (including phenoxy) is 4. The second-order valence-corrected chi connectivity index (χ2v) is 11.9. The molecule has 16 atom stereocenters. The summed E-state index contributed by atoms with van der Waals surface area (Å²) in [5, 5.41) is 86.2. The average molecular weight is 685 g/mol. The van der Waals surface area contributed by atoms with Crippen LogP contribution in [-0.4, -0.2) is 176 Å². The summed E-state index contributed by atoms with van der Waals surface area (Å²) in [7, 11) is 0. The molecule has 21 heteroatoms. The van der Waals surface area contributed by atoms with Crippen LogP contribution >= 0.6 is 0 Å². The molecule has 3 fully saturated rings. The molecule has 2 aliphatic heterocycles. The lowest BCUT2D eigenvalue weighted by molar-refractivity contribution is -0.307. The maximum atomic E-state index is 12.8. The van der Waals surface area contributed by atoms with Crippen molar-refractivity contribution in [1.29, 1.82) is 0 Å². The Labute approximate surface area is 269 Å². The van der Waals surface area contributed by atoms with E-state index in [0.29, 0.717) is 0 Å². The minimum absolute atomic E-state index is 0.116. The van der Waals surface area contributed by atoms with Crippen LogP contribution in [0.5, 0.6) is 0 Å². The van der Waals surface area contributed by atoms with Gasteiger partial charge < -0.3 is 93.4 Å². The largest absolute Gasteiger partial charge is 0.480 e. The highest BCUT2D eigenvalue weighted by Gasteiger charge is 2.53. The van der Waals surface area contributed by atoms with E-state index >= 15 is 0 Å². The minimum atomic E-state index is -1.69. The number of nitrogens with two attached hydrogens (primary N) is 4. The van der Waals surface area contributed by atoms with Gasteiger partial charge in [-0.1, -0.05) is 0 Å². The Morgan fingerprint density at radius 3 is 2.09 bits per heavy atom. The van der Waals surface area contributed by atoms with Crippen molar-refractivity contribution < 1.29 is 74.2 Å². The van der Waals surface area contributed by atoms with Gasteiger partial charge in [-0.05, 0) is 19.3 Å². The second kappa shape index (κ2) is 17.5. The van der Waals surface area contributed by atoms with Crippen LogP contribution in [0.3, 0.4) is 0 Å². The molecule has 21 nitrogen and oxygen atoms in total. The number of hydrogen-bond donors (Lipinski definition) is 14. The van der Waals surface area contributed by atoms with Gasteiger partial charge in [0.1, 0.15) is 67.1 Å². The Hall–Kier alpha value is -2.19. The maximum Gasteiger partial charge on any atom is 0.320 e. The van der Waals surface area contributed by atoms with E-state index in [1.165, 1.54) is 0 Å². The molecule has 1 aliphatic carbocycles. The number of aliphatic hydroxyl groups is 7. The normalized spacial score (nSPS) is 40.4. The monoisotopic (exact) mass is 684 g/mol. The van der Waals surface area contributed by atoms with Crippen molar-refractivity contribution in [1.82, 2.24) is 10.6 Å². The summed E-state index contributed by atoms with van der Waals surface area (Å²) in [6, 6.07) is -4.79. The van der Waals surface area contributed by atoms with E-state index in [9.17, 15) is 50.1 Å². The Morgan fingerprint density at radius 1 is 0.872 bits per heavy atom. The fourth-order valence-electron chi connectivity index (χ4n) is 5.53. The van der Waals surface area contributed by atoms with Gasteiger partial charge in [0.15, 0.2) is 12.6 Å². The van der Waals surface area contributed by atoms with Crippen LogP contribution < -0.4 is 33.6 Å². The number of carbonyl (C=O) groups is 3. The van der Waals surface area contributed by atoms with Gasteiger partial charge in [0.25, 0.3) is 0 Å². The first-order valence-corrected chi connectivity index (χ1v) is 15.2. The quantitative estimate of drug-likeness (QED) is 0.0761. The van der Waals surface area contributed by atoms with E-state index in [1.807, 2.05) is 0 Å². The number of amides is 2. The topological polar surface area (TPSA) is 378 Å². The Bertz CT molecular complexity index is 1050. The average Bonchev–Trinajstić information content (AvgIpc) is 3.31. The lowest BCUT2D eigenvalue weighted by atomic mass is 9.83. The first kappa shape index (κ1) is 39.3. The molecule has 0 bridgehead atoms. The molecule has 3 rings (SSSR count). The van der Waals surface area contributed by atoms with Gasteiger partial charge in [0.2, 0.25) is 11.8 Å². The molecule has 47 heavy (non-hydrogen) atoms. The highest BCUT2D eigenvalue weighted by atomic mass is 16.7. The Morgan fingerprint density at radius 2 is 1.49 bits per heavy atom. The molecule has 1 saturated carbocycles. The van der Waals surface area contributed by atoms with Gasteiger partial charge in [-0.25, -0.2) is 0 Å². The van der Waals surface area contributed by atoms with Crippen LogP contribution in [-0.2, 0) is 33.3 Å². The van der Waals surface area contributed by atoms with E-state index in [2.05, 4.69) is 10.6 Å². The Balaban J connectivity index is 1.69. The molecule has 18 N–H and O–H groups in total. The van der Waals surface area contributed by atoms with E-state index < -0.39 is 122 Å². The summed E-state index contributed by atoms with van der Waals surface area (Å²) in [5.74, 6) is -2.75. The summed E-state index contributed by atoms with van der Waals surface area (Å²) in [5.41, 5.74) is 23.4. The molecule has 0 aromatic carbocycles. The lowest BCUT2D eigenvalue weighted by Gasteiger charge is -2.48. The molecule has 0 radical (unpaired) electrons. The van der Waals surface area contributed by atoms with Crippen molar-refractivity contribution in [3.05, 3.63) is 0 Å². The molecular weight excluding hydrogens is 636 g/mol. The number of nitrogens with one attached hydrogen (secondary N) is 2. The zero-order valence-electron chi connectivity index (χ0n) is 25.4. The van der Waals surface area contributed by atoms with Gasteiger partial charge in [-0.3, -0.25) is 14.4 Å². The van der Waals surface area contributed by atoms with Gasteiger partial charge in [-0.15, -0.1) is 0 Å². The first-order chi connectivity index (χ1) is 22.1. The number of rotatable bonds is 15. The predicted molar refractivity (Wildman–Crippen MR) is 154 cm³/mol. The van der Waals surface area contributed by atoms with Crippen molar-refractivity contribution >= 4 is 17.8 Å². The SMILES string of the molecule is NCC1O[C@@H](O[C@H]2C(N)C[C@@H](NC(=O)[C@@H](O)CCNC(=O)CC[C@H](N)C(=O)O)C(O)[C@H]2O[C@@H]2O[C@H](CO)[C@H](O)C2O)C(N)[C@@H](O)[C@H]1O. The second-order valence-electron chi connectivity index (χ2n) is 11.9. The molecule has 0 spiro atoms. The fraction of sp³-hybridized carbons (Fsp3) is 0.885. The van der Waals surface area contributed by atoms with Crippen molar-refractivity contribution in [2.24, 2.45) is 22.9 Å². The third kappa shape index (κ3) is 9.71. The Kier molecular flexibility index (Phi) is 14.6. The van der Waals surface area contributed by atoms with E-state index in [-0.39, 0.29) is 38.8 Å². The number of carboxylic acids is 1. The molecule has 2 heterocycles. The number of aliphatic hydroxyl groups excluding tert-OH is 7. The molecule has 0 aromatic heterocycles. The smallest absolute Gasteiger partial charge is 0.320 e. The summed E-state index contributed by atoms with van der Waals surface area (Å²) < 4.78 is 22.8. The van der Waals surface area contributed by atoms with Gasteiger partial charge >= 0.3 is 5.97 Å². The highest BCUT2D eigenvalue weighted by Crippen LogP contribution is 2.32. The van der Waals surface area contributed by atoms with Crippen LogP contribution in [0.4, 0.5) is 0 Å². The minimum Gasteiger partial charge on any atom is -0.480 e. The molecular formula is C26H48N6O15. The fourth-order valence-corrected chi connectivity index (χ4v) is 5.53. The van der Waals surface area contributed by atoms with Crippen molar-refractivity contribution in [2.45, 2.75) is 123 Å². The van der Waals surface area contributed by atoms with Crippen molar-refractivity contribution in [3.8, 4) is 0 Å². The van der Waals surface area contributed by atoms with Crippen LogP contribution in [0.1, 0.15) is 25.7 Å². The summed E-state index contributed by atoms with van der Waals surface area (Å²) in [6.07, 6.45) is -18.5. The number of aliphatic carboxylic acids is 1. The molecule has 2 amide bonds. The van der Waals surface area contributed by atoms with E-state index in [0.717, 1.165) is 0 Å². The van der Waals surface area contributed by atoms with Gasteiger partial charge in [0.05, 0.1) is 18.7 Å². The van der Waals surface area contributed by atoms with Crippen LogP contribution in [0.2, 0.25) is 0 Å². The third-order valence-corrected chi connectivity index (χ3v) is 8.45. The molecule has 272 valence electrons. The van der Waals surface area contributed by atoms with Crippen LogP contribution in [0, 0.1) is 0 Å². The van der Waals surface area contributed by atoms with E-state index in [1.54, 1.807) is 0 Å². The molecule has 5 unspecified atom stereocenters. The first-order valence-electron chi connectivity index (χ1n) is 15.2. The maximum absolute atomic E-state index is 12.8. The van der Waals surface area contributed by atoms with Crippen LogP contribution in [0.25, 0.3) is 0 Å².